The molecule has 0 atom stereocenters. The van der Waals surface area contributed by atoms with Crippen LogP contribution in [0.2, 0.25) is 0 Å². The zero-order valence-electron chi connectivity index (χ0n) is 8.16. The lowest BCUT2D eigenvalue weighted by molar-refractivity contribution is 0.342. The summed E-state index contributed by atoms with van der Waals surface area (Å²) in [5.74, 6) is 0.641. The molecule has 0 aliphatic rings. The van der Waals surface area contributed by atoms with Crippen LogP contribution in [0.1, 0.15) is 18.1 Å². The number of benzene rings is 1. The van der Waals surface area contributed by atoms with E-state index < -0.39 is 0 Å². The maximum absolute atomic E-state index is 8.76. The first-order valence-electron chi connectivity index (χ1n) is 4.28. The molecule has 0 heterocycles. The quantitative estimate of drug-likeness (QED) is 0.650. The van der Waals surface area contributed by atoms with Gasteiger partial charge >= 0.3 is 5.69 Å². The predicted octanol–water partition coefficient (Wildman–Crippen LogP) is 3.19. The average Bonchev–Trinajstić information content (AvgIpc) is 2.04. The normalized spacial score (nSPS) is 9.38. The van der Waals surface area contributed by atoms with Gasteiger partial charge in [0.1, 0.15) is 0 Å². The van der Waals surface area contributed by atoms with Crippen LogP contribution in [0.4, 0.5) is 5.69 Å². The number of ether oxygens (including phenoxy) is 1. The molecule has 0 saturated heterocycles. The second-order valence-corrected chi connectivity index (χ2v) is 2.96. The van der Waals surface area contributed by atoms with Gasteiger partial charge in [0.2, 0.25) is 11.1 Å². The van der Waals surface area contributed by atoms with Crippen LogP contribution in [-0.4, -0.2) is 6.61 Å². The Hall–Kier alpha value is -1.56. The molecule has 0 unspecified atom stereocenters. The Kier molecular flexibility index (Phi) is 2.86. The predicted molar refractivity (Wildman–Crippen MR) is 51.8 cm³/mol. The zero-order valence-corrected chi connectivity index (χ0v) is 8.16. The summed E-state index contributed by atoms with van der Waals surface area (Å²) in [6, 6.07) is 3.82. The van der Waals surface area contributed by atoms with Gasteiger partial charge in [-0.05, 0) is 38.5 Å². The summed E-state index contributed by atoms with van der Waals surface area (Å²) in [5, 5.41) is 8.76. The summed E-state index contributed by atoms with van der Waals surface area (Å²) in [6.07, 6.45) is 0. The summed E-state index contributed by atoms with van der Waals surface area (Å²) < 4.78 is 5.34. The molecule has 13 heavy (non-hydrogen) atoms. The Balaban J connectivity index is 3.23. The van der Waals surface area contributed by atoms with Crippen molar-refractivity contribution in [1.29, 1.82) is 5.39 Å². The van der Waals surface area contributed by atoms with Crippen molar-refractivity contribution in [1.82, 2.24) is 0 Å². The lowest BCUT2D eigenvalue weighted by Gasteiger charge is -2.02. The van der Waals surface area contributed by atoms with Crippen LogP contribution in [0.3, 0.4) is 0 Å². The lowest BCUT2D eigenvalue weighted by atomic mass is 10.1. The van der Waals surface area contributed by atoms with E-state index in [1.807, 2.05) is 32.9 Å². The highest BCUT2D eigenvalue weighted by molar-refractivity contribution is 5.63. The van der Waals surface area contributed by atoms with Gasteiger partial charge in [-0.25, -0.2) is 0 Å². The minimum atomic E-state index is 0.521. The number of nitrogens with zero attached hydrogens (tertiary/aromatic N) is 2. The van der Waals surface area contributed by atoms with Crippen molar-refractivity contribution >= 4 is 5.69 Å². The van der Waals surface area contributed by atoms with E-state index in [1.54, 1.807) is 0 Å². The minimum Gasteiger partial charge on any atom is -0.486 e. The molecule has 0 amide bonds. The summed E-state index contributed by atoms with van der Waals surface area (Å²) in [7, 11) is 0. The Morgan fingerprint density at radius 3 is 2.62 bits per heavy atom. The molecule has 0 spiro atoms. The molecule has 0 aromatic heterocycles. The Bertz CT molecular complexity index is 353. The van der Waals surface area contributed by atoms with Crippen LogP contribution in [0.5, 0.6) is 5.75 Å². The SMILES string of the molecule is CCOc1cc(C)cc(C)c1[N+]#N. The minimum absolute atomic E-state index is 0.521. The lowest BCUT2D eigenvalue weighted by Crippen LogP contribution is -1.93. The number of rotatable bonds is 2. The van der Waals surface area contributed by atoms with Gasteiger partial charge in [0.25, 0.3) is 0 Å². The van der Waals surface area contributed by atoms with Crippen molar-refractivity contribution < 1.29 is 4.74 Å². The molecule has 3 heteroatoms. The highest BCUT2D eigenvalue weighted by atomic mass is 16.5. The summed E-state index contributed by atoms with van der Waals surface area (Å²) in [6.45, 7) is 6.35. The Morgan fingerprint density at radius 1 is 1.38 bits per heavy atom. The highest BCUT2D eigenvalue weighted by Crippen LogP contribution is 2.32. The molecule has 0 aliphatic carbocycles. The number of aryl methyl sites for hydroxylation is 2. The van der Waals surface area contributed by atoms with E-state index in [-0.39, 0.29) is 0 Å². The molecule has 68 valence electrons. The largest absolute Gasteiger partial charge is 0.486 e. The van der Waals surface area contributed by atoms with Crippen LogP contribution >= 0.6 is 0 Å². The van der Waals surface area contributed by atoms with E-state index in [1.165, 1.54) is 0 Å². The third-order valence-electron chi connectivity index (χ3n) is 1.81. The maximum atomic E-state index is 8.76. The monoisotopic (exact) mass is 177 g/mol. The Labute approximate surface area is 78.0 Å². The van der Waals surface area contributed by atoms with Gasteiger partial charge < -0.3 is 4.74 Å². The fraction of sp³-hybridized carbons (Fsp3) is 0.400. The van der Waals surface area contributed by atoms with Crippen molar-refractivity contribution in [2.45, 2.75) is 20.8 Å². The second kappa shape index (κ2) is 3.90. The molecule has 1 rings (SSSR count). The van der Waals surface area contributed by atoms with Crippen molar-refractivity contribution in [2.24, 2.45) is 0 Å². The van der Waals surface area contributed by atoms with Crippen LogP contribution in [0.25, 0.3) is 4.98 Å². The van der Waals surface area contributed by atoms with E-state index in [9.17, 15) is 0 Å². The fourth-order valence-corrected chi connectivity index (χ4v) is 1.31. The molecule has 0 radical (unpaired) electrons. The van der Waals surface area contributed by atoms with E-state index in [4.69, 9.17) is 10.1 Å². The Morgan fingerprint density at radius 2 is 2.08 bits per heavy atom. The van der Waals surface area contributed by atoms with Crippen LogP contribution < -0.4 is 4.74 Å². The third kappa shape index (κ3) is 1.97. The summed E-state index contributed by atoms with van der Waals surface area (Å²) in [5.41, 5.74) is 2.55. The smallest absolute Gasteiger partial charge is 0.429 e. The molecule has 0 bridgehead atoms. The van der Waals surface area contributed by atoms with E-state index in [0.29, 0.717) is 18.0 Å². The first-order valence-corrected chi connectivity index (χ1v) is 4.28. The van der Waals surface area contributed by atoms with Crippen molar-refractivity contribution in [3.63, 3.8) is 0 Å². The van der Waals surface area contributed by atoms with Gasteiger partial charge in [0.15, 0.2) is 4.98 Å². The number of diazo groups is 1. The molecule has 1 aromatic rings. The molecule has 0 fully saturated rings. The molecular weight excluding hydrogens is 164 g/mol. The zero-order chi connectivity index (χ0) is 9.84. The van der Waals surface area contributed by atoms with E-state index >= 15 is 0 Å². The van der Waals surface area contributed by atoms with Crippen molar-refractivity contribution in [3.05, 3.63) is 28.2 Å². The van der Waals surface area contributed by atoms with E-state index in [2.05, 4.69) is 4.98 Å². The average molecular weight is 177 g/mol. The van der Waals surface area contributed by atoms with E-state index in [0.717, 1.165) is 11.1 Å². The molecule has 3 nitrogen and oxygen atoms in total. The van der Waals surface area contributed by atoms with Gasteiger partial charge in [0, 0.05) is 5.56 Å². The van der Waals surface area contributed by atoms with Crippen molar-refractivity contribution in [3.8, 4) is 5.75 Å². The van der Waals surface area contributed by atoms with Crippen LogP contribution in [-0.2, 0) is 0 Å². The first-order chi connectivity index (χ1) is 6.19. The highest BCUT2D eigenvalue weighted by Gasteiger charge is 2.18. The van der Waals surface area contributed by atoms with Gasteiger partial charge in [-0.15, -0.1) is 0 Å². The van der Waals surface area contributed by atoms with Gasteiger partial charge in [0.05, 0.1) is 6.61 Å². The topological polar surface area (TPSA) is 37.4 Å². The van der Waals surface area contributed by atoms with Crippen molar-refractivity contribution in [2.75, 3.05) is 6.61 Å². The second-order valence-electron chi connectivity index (χ2n) is 2.96. The molecule has 0 N–H and O–H groups in total. The number of hydrogen-bond acceptors (Lipinski definition) is 2. The standard InChI is InChI=1S/C10H13N2O/c1-4-13-9-6-7(2)5-8(3)10(9)12-11/h5-6H,4H2,1-3H3/q+1. The number of hydrogen-bond donors (Lipinski definition) is 0. The van der Waals surface area contributed by atoms with Gasteiger partial charge in [-0.1, -0.05) is 0 Å². The summed E-state index contributed by atoms with van der Waals surface area (Å²) >= 11 is 0. The molecule has 0 aliphatic heterocycles. The maximum Gasteiger partial charge on any atom is 0.429 e. The first kappa shape index (κ1) is 9.53. The van der Waals surface area contributed by atoms with Gasteiger partial charge in [-0.3, -0.25) is 0 Å². The molecular formula is C10H13N2O+. The van der Waals surface area contributed by atoms with Gasteiger partial charge in [-0.2, -0.15) is 0 Å². The molecule has 1 aromatic carbocycles. The third-order valence-corrected chi connectivity index (χ3v) is 1.81. The van der Waals surface area contributed by atoms with Crippen LogP contribution in [0, 0.1) is 19.2 Å². The van der Waals surface area contributed by atoms with Crippen LogP contribution in [0.15, 0.2) is 12.1 Å². The summed E-state index contributed by atoms with van der Waals surface area (Å²) in [4.78, 5) is 3.20. The fourth-order valence-electron chi connectivity index (χ4n) is 1.31. The molecule has 0 saturated carbocycles.